The van der Waals surface area contributed by atoms with Crippen molar-refractivity contribution in [2.24, 2.45) is 0 Å². The molecular weight excluding hydrogens is 412 g/mol. The van der Waals surface area contributed by atoms with Crippen LogP contribution < -0.4 is 16.5 Å². The van der Waals surface area contributed by atoms with Crippen molar-refractivity contribution in [3.05, 3.63) is 67.4 Å². The highest BCUT2D eigenvalue weighted by molar-refractivity contribution is 5.63. The number of hydrogen-bond acceptors (Lipinski definition) is 7. The van der Waals surface area contributed by atoms with Crippen molar-refractivity contribution in [3.63, 3.8) is 0 Å². The third kappa shape index (κ3) is 10.2. The number of aromatic nitrogens is 4. The van der Waals surface area contributed by atoms with Gasteiger partial charge in [0.1, 0.15) is 0 Å². The molecule has 3 aromatic rings. The van der Waals surface area contributed by atoms with E-state index < -0.39 is 0 Å². The van der Waals surface area contributed by atoms with E-state index in [1.54, 1.807) is 41.6 Å². The maximum absolute atomic E-state index is 5.80. The minimum absolute atomic E-state index is 0.626. The van der Waals surface area contributed by atoms with Crippen LogP contribution in [-0.4, -0.2) is 38.3 Å². The second-order valence-corrected chi connectivity index (χ2v) is 6.35. The summed E-state index contributed by atoms with van der Waals surface area (Å²) in [5.41, 5.74) is 12.8. The molecule has 4 N–H and O–H groups in total. The van der Waals surface area contributed by atoms with Crippen molar-refractivity contribution >= 4 is 17.2 Å². The van der Waals surface area contributed by atoms with Crippen molar-refractivity contribution < 1.29 is 0 Å². The first-order valence-electron chi connectivity index (χ1n) is 11.7. The second kappa shape index (κ2) is 18.2. The Morgan fingerprint density at radius 2 is 1.36 bits per heavy atom. The smallest absolute Gasteiger partial charge is 0.176 e. The molecule has 0 bridgehead atoms. The van der Waals surface area contributed by atoms with Crippen LogP contribution in [0.2, 0.25) is 0 Å². The molecule has 4 heterocycles. The molecule has 0 radical (unpaired) electrons. The number of hydrazine groups is 1. The summed E-state index contributed by atoms with van der Waals surface area (Å²) in [6, 6.07) is 9.10. The summed E-state index contributed by atoms with van der Waals surface area (Å²) in [4.78, 5) is 8.31. The molecule has 8 heteroatoms. The molecule has 182 valence electrons. The molecule has 0 aromatic carbocycles. The molecule has 0 atom stereocenters. The molecule has 33 heavy (non-hydrogen) atoms. The zero-order chi connectivity index (χ0) is 25.1. The van der Waals surface area contributed by atoms with Gasteiger partial charge < -0.3 is 11.5 Å². The van der Waals surface area contributed by atoms with E-state index in [0.29, 0.717) is 17.2 Å². The minimum Gasteiger partial charge on any atom is -0.396 e. The molecule has 0 saturated heterocycles. The van der Waals surface area contributed by atoms with E-state index in [1.165, 1.54) is 12.8 Å². The van der Waals surface area contributed by atoms with Gasteiger partial charge in [-0.25, -0.2) is 19.7 Å². The topological polar surface area (TPSA) is 102 Å². The number of nitrogens with zero attached hydrogens (tertiary/aromatic N) is 6. The van der Waals surface area contributed by atoms with E-state index >= 15 is 0 Å². The summed E-state index contributed by atoms with van der Waals surface area (Å²) in [5.74, 6) is 1.46. The lowest BCUT2D eigenvalue weighted by Gasteiger charge is -2.24. The first-order valence-corrected chi connectivity index (χ1v) is 11.7. The maximum atomic E-state index is 5.80. The Bertz CT molecular complexity index is 876. The Labute approximate surface area is 199 Å². The molecular formula is C25H42N8. The summed E-state index contributed by atoms with van der Waals surface area (Å²) in [6.45, 7) is 13.3. The van der Waals surface area contributed by atoms with Crippen molar-refractivity contribution in [2.75, 3.05) is 30.1 Å². The summed E-state index contributed by atoms with van der Waals surface area (Å²) in [6.07, 6.45) is 13.6. The first-order chi connectivity index (χ1) is 16.1. The van der Waals surface area contributed by atoms with E-state index in [-0.39, 0.29) is 0 Å². The standard InChI is InChI=1S/C9H12N4.C8H8N4.C4H10.2C2H6/c1-12-6-3-7-13(12)9-8(10)4-2-5-11-9;9-7-3-1-4-10-8(7)12-6-2-5-11-12;1-3-4-2;2*1-2/h2-5,7H,6,10H2,1H3;1-6H,9H2;3-4H2,1-2H3;2*1-2H3. The Morgan fingerprint density at radius 3 is 1.76 bits per heavy atom. The van der Waals surface area contributed by atoms with Crippen molar-refractivity contribution in [1.29, 1.82) is 0 Å². The number of nitrogen functional groups attached to an aromatic ring is 2. The normalized spacial score (nSPS) is 11.5. The van der Waals surface area contributed by atoms with Crippen LogP contribution in [0, 0.1) is 0 Å². The Balaban J connectivity index is 0.000000476. The Hall–Kier alpha value is -3.39. The summed E-state index contributed by atoms with van der Waals surface area (Å²) >= 11 is 0. The van der Waals surface area contributed by atoms with E-state index in [2.05, 4.69) is 35.0 Å². The van der Waals surface area contributed by atoms with Gasteiger partial charge in [0.25, 0.3) is 0 Å². The third-order valence-corrected chi connectivity index (χ3v) is 4.06. The van der Waals surface area contributed by atoms with Crippen LogP contribution in [0.25, 0.3) is 5.82 Å². The van der Waals surface area contributed by atoms with Gasteiger partial charge in [-0.05, 0) is 30.3 Å². The molecule has 0 amide bonds. The summed E-state index contributed by atoms with van der Waals surface area (Å²) < 4.78 is 1.63. The van der Waals surface area contributed by atoms with Crippen LogP contribution in [0.15, 0.2) is 67.4 Å². The van der Waals surface area contributed by atoms with Crippen LogP contribution in [-0.2, 0) is 0 Å². The Morgan fingerprint density at radius 1 is 0.818 bits per heavy atom. The fourth-order valence-electron chi connectivity index (χ4n) is 2.33. The lowest BCUT2D eigenvalue weighted by Crippen LogP contribution is -2.32. The predicted molar refractivity (Wildman–Crippen MR) is 142 cm³/mol. The highest BCUT2D eigenvalue weighted by Gasteiger charge is 2.16. The molecule has 0 spiro atoms. The largest absolute Gasteiger partial charge is 0.396 e. The molecule has 0 unspecified atom stereocenters. The van der Waals surface area contributed by atoms with Crippen molar-refractivity contribution in [2.45, 2.75) is 54.4 Å². The highest BCUT2D eigenvalue weighted by Crippen LogP contribution is 2.22. The van der Waals surface area contributed by atoms with E-state index in [4.69, 9.17) is 11.5 Å². The average molecular weight is 455 g/mol. The lowest BCUT2D eigenvalue weighted by atomic mass is 10.4. The monoisotopic (exact) mass is 454 g/mol. The molecule has 0 fully saturated rings. The van der Waals surface area contributed by atoms with Gasteiger partial charge in [0.05, 0.1) is 11.4 Å². The zero-order valence-corrected chi connectivity index (χ0v) is 21.3. The number of likely N-dealkylation sites (N-methyl/N-ethyl adjacent to an activating group) is 1. The number of rotatable bonds is 3. The van der Waals surface area contributed by atoms with Crippen LogP contribution in [0.4, 0.5) is 17.2 Å². The van der Waals surface area contributed by atoms with Gasteiger partial charge in [-0.3, -0.25) is 5.01 Å². The number of unbranched alkanes of at least 4 members (excludes halogenated alkanes) is 1. The SMILES string of the molecule is CC.CC.CCCC.CN1CC=CN1c1ncccc1N.Nc1cccnc1-n1cccn1. The summed E-state index contributed by atoms with van der Waals surface area (Å²) in [5, 5.41) is 8.00. The van der Waals surface area contributed by atoms with Gasteiger partial charge in [0.15, 0.2) is 11.6 Å². The molecule has 0 saturated carbocycles. The van der Waals surface area contributed by atoms with E-state index in [1.807, 2.05) is 69.2 Å². The zero-order valence-electron chi connectivity index (χ0n) is 21.3. The van der Waals surface area contributed by atoms with Crippen LogP contribution in [0.5, 0.6) is 0 Å². The van der Waals surface area contributed by atoms with Gasteiger partial charge in [-0.1, -0.05) is 60.5 Å². The molecule has 0 aliphatic carbocycles. The molecule has 1 aliphatic rings. The molecule has 8 nitrogen and oxygen atoms in total. The van der Waals surface area contributed by atoms with Crippen LogP contribution in [0.3, 0.4) is 0 Å². The second-order valence-electron chi connectivity index (χ2n) is 6.35. The minimum atomic E-state index is 0.626. The number of anilines is 3. The van der Waals surface area contributed by atoms with Crippen molar-refractivity contribution in [3.8, 4) is 5.82 Å². The quantitative estimate of drug-likeness (QED) is 0.534. The van der Waals surface area contributed by atoms with Crippen LogP contribution in [0.1, 0.15) is 54.4 Å². The van der Waals surface area contributed by atoms with Gasteiger partial charge in [-0.2, -0.15) is 5.10 Å². The average Bonchev–Trinajstić information content (AvgIpc) is 3.55. The van der Waals surface area contributed by atoms with Gasteiger partial charge in [0.2, 0.25) is 0 Å². The lowest BCUT2D eigenvalue weighted by molar-refractivity contribution is 0.394. The maximum Gasteiger partial charge on any atom is 0.176 e. The van der Waals surface area contributed by atoms with Gasteiger partial charge in [0, 0.05) is 44.6 Å². The van der Waals surface area contributed by atoms with Crippen molar-refractivity contribution in [1.82, 2.24) is 24.8 Å². The van der Waals surface area contributed by atoms with Gasteiger partial charge in [-0.15, -0.1) is 0 Å². The predicted octanol–water partition coefficient (Wildman–Crippen LogP) is 5.55. The fourth-order valence-corrected chi connectivity index (χ4v) is 2.33. The number of nitrogens with two attached hydrogens (primary N) is 2. The fraction of sp³-hybridized carbons (Fsp3) is 0.400. The highest BCUT2D eigenvalue weighted by atomic mass is 15.6. The first kappa shape index (κ1) is 29.6. The van der Waals surface area contributed by atoms with Gasteiger partial charge >= 0.3 is 0 Å². The Kier molecular flexibility index (Phi) is 16.3. The number of hydrogen-bond donors (Lipinski definition) is 2. The third-order valence-electron chi connectivity index (χ3n) is 4.06. The number of pyridine rings is 2. The van der Waals surface area contributed by atoms with Crippen LogP contribution >= 0.6 is 0 Å². The van der Waals surface area contributed by atoms with E-state index in [0.717, 1.165) is 12.4 Å². The molecule has 4 rings (SSSR count). The molecule has 1 aliphatic heterocycles. The summed E-state index contributed by atoms with van der Waals surface area (Å²) in [7, 11) is 1.99. The van der Waals surface area contributed by atoms with E-state index in [9.17, 15) is 0 Å². The molecule has 3 aromatic heterocycles.